The van der Waals surface area contributed by atoms with E-state index in [1.54, 1.807) is 31.3 Å². The standard InChI is InChI=1S/C20H20N4O3/c1-13-5-4-6-14(2)18(13)22-17(25)11-24(3)20(26)16-9-7-15(8-10-16)19-23-21-12-27-19/h4-10,12H,11H2,1-3H3,(H,22,25). The normalized spacial score (nSPS) is 10.5. The van der Waals surface area contributed by atoms with Crippen LogP contribution in [0.15, 0.2) is 53.3 Å². The molecule has 0 aliphatic carbocycles. The molecule has 0 fully saturated rings. The molecular formula is C20H20N4O3. The second-order valence-electron chi connectivity index (χ2n) is 6.30. The Kier molecular flexibility index (Phi) is 5.30. The quantitative estimate of drug-likeness (QED) is 0.752. The zero-order chi connectivity index (χ0) is 19.4. The largest absolute Gasteiger partial charge is 0.423 e. The Morgan fingerprint density at radius 2 is 1.74 bits per heavy atom. The third kappa shape index (κ3) is 4.20. The van der Waals surface area contributed by atoms with Crippen molar-refractivity contribution >= 4 is 17.5 Å². The molecule has 27 heavy (non-hydrogen) atoms. The van der Waals surface area contributed by atoms with Crippen molar-refractivity contribution in [3.8, 4) is 11.5 Å². The summed E-state index contributed by atoms with van der Waals surface area (Å²) in [5.74, 6) is -0.107. The van der Waals surface area contributed by atoms with Crippen LogP contribution in [0.3, 0.4) is 0 Å². The molecule has 7 heteroatoms. The second-order valence-corrected chi connectivity index (χ2v) is 6.30. The van der Waals surface area contributed by atoms with Crippen LogP contribution in [0.4, 0.5) is 5.69 Å². The fourth-order valence-corrected chi connectivity index (χ4v) is 2.75. The minimum Gasteiger partial charge on any atom is -0.423 e. The van der Waals surface area contributed by atoms with Gasteiger partial charge in [0.15, 0.2) is 0 Å². The lowest BCUT2D eigenvalue weighted by atomic mass is 10.1. The average Bonchev–Trinajstić information content (AvgIpc) is 3.19. The fraction of sp³-hybridized carbons (Fsp3) is 0.200. The van der Waals surface area contributed by atoms with Gasteiger partial charge in [-0.2, -0.15) is 0 Å². The number of para-hydroxylation sites is 1. The van der Waals surface area contributed by atoms with Crippen LogP contribution in [0.2, 0.25) is 0 Å². The topological polar surface area (TPSA) is 88.3 Å². The zero-order valence-corrected chi connectivity index (χ0v) is 15.4. The van der Waals surface area contributed by atoms with Crippen LogP contribution in [0.5, 0.6) is 0 Å². The van der Waals surface area contributed by atoms with Crippen LogP contribution in [-0.2, 0) is 4.79 Å². The van der Waals surface area contributed by atoms with Crippen molar-refractivity contribution in [2.45, 2.75) is 13.8 Å². The third-order valence-electron chi connectivity index (χ3n) is 4.21. The Balaban J connectivity index is 1.64. The van der Waals surface area contributed by atoms with E-state index in [-0.39, 0.29) is 18.4 Å². The molecule has 3 aromatic rings. The Hall–Kier alpha value is -3.48. The molecule has 2 aromatic carbocycles. The molecule has 0 bridgehead atoms. The van der Waals surface area contributed by atoms with Crippen LogP contribution >= 0.6 is 0 Å². The first kappa shape index (κ1) is 18.3. The number of rotatable bonds is 5. The summed E-state index contributed by atoms with van der Waals surface area (Å²) < 4.78 is 5.13. The van der Waals surface area contributed by atoms with Crippen molar-refractivity contribution in [3.63, 3.8) is 0 Å². The van der Waals surface area contributed by atoms with E-state index in [1.807, 2.05) is 32.0 Å². The van der Waals surface area contributed by atoms with E-state index in [2.05, 4.69) is 15.5 Å². The molecule has 0 spiro atoms. The number of hydrogen-bond acceptors (Lipinski definition) is 5. The van der Waals surface area contributed by atoms with Gasteiger partial charge in [0.05, 0.1) is 6.54 Å². The van der Waals surface area contributed by atoms with Crippen molar-refractivity contribution in [2.75, 3.05) is 18.9 Å². The molecule has 0 aliphatic heterocycles. The van der Waals surface area contributed by atoms with Gasteiger partial charge in [-0.3, -0.25) is 9.59 Å². The lowest BCUT2D eigenvalue weighted by Crippen LogP contribution is -2.35. The Bertz CT molecular complexity index is 930. The maximum Gasteiger partial charge on any atom is 0.254 e. The molecule has 0 saturated carbocycles. The maximum atomic E-state index is 12.6. The van der Waals surface area contributed by atoms with E-state index >= 15 is 0 Å². The summed E-state index contributed by atoms with van der Waals surface area (Å²) >= 11 is 0. The van der Waals surface area contributed by atoms with E-state index in [4.69, 9.17) is 4.42 Å². The van der Waals surface area contributed by atoms with Crippen LogP contribution in [0.1, 0.15) is 21.5 Å². The molecule has 1 aromatic heterocycles. The number of carbonyl (C=O) groups excluding carboxylic acids is 2. The van der Waals surface area contributed by atoms with Crippen LogP contribution in [0.25, 0.3) is 11.5 Å². The number of likely N-dealkylation sites (N-methyl/N-ethyl adjacent to an activating group) is 1. The van der Waals surface area contributed by atoms with Gasteiger partial charge in [0.1, 0.15) is 0 Å². The highest BCUT2D eigenvalue weighted by atomic mass is 16.4. The van der Waals surface area contributed by atoms with Crippen LogP contribution < -0.4 is 5.32 Å². The van der Waals surface area contributed by atoms with Gasteiger partial charge in [-0.15, -0.1) is 10.2 Å². The van der Waals surface area contributed by atoms with Crippen LogP contribution in [-0.4, -0.2) is 40.5 Å². The highest BCUT2D eigenvalue weighted by Gasteiger charge is 2.16. The summed E-state index contributed by atoms with van der Waals surface area (Å²) in [7, 11) is 1.60. The van der Waals surface area contributed by atoms with Crippen LogP contribution in [0, 0.1) is 13.8 Å². The molecule has 138 valence electrons. The third-order valence-corrected chi connectivity index (χ3v) is 4.21. The summed E-state index contributed by atoms with van der Waals surface area (Å²) in [5, 5.41) is 10.3. The molecule has 0 saturated heterocycles. The first-order valence-electron chi connectivity index (χ1n) is 8.44. The SMILES string of the molecule is Cc1cccc(C)c1NC(=O)CN(C)C(=O)c1ccc(-c2nnco2)cc1. The van der Waals surface area contributed by atoms with Gasteiger partial charge in [-0.1, -0.05) is 18.2 Å². The lowest BCUT2D eigenvalue weighted by Gasteiger charge is -2.18. The summed E-state index contributed by atoms with van der Waals surface area (Å²) in [5.41, 5.74) is 3.94. The predicted octanol–water partition coefficient (Wildman–Crippen LogP) is 3.06. The molecular weight excluding hydrogens is 344 g/mol. The lowest BCUT2D eigenvalue weighted by molar-refractivity contribution is -0.116. The van der Waals surface area contributed by atoms with Gasteiger partial charge in [0, 0.05) is 23.9 Å². The number of anilines is 1. The number of hydrogen-bond donors (Lipinski definition) is 1. The first-order valence-corrected chi connectivity index (χ1v) is 8.44. The number of nitrogens with one attached hydrogen (secondary N) is 1. The van der Waals surface area contributed by atoms with Gasteiger partial charge < -0.3 is 14.6 Å². The second kappa shape index (κ2) is 7.82. The van der Waals surface area contributed by atoms with Gasteiger partial charge in [-0.25, -0.2) is 0 Å². The smallest absolute Gasteiger partial charge is 0.254 e. The van der Waals surface area contributed by atoms with Gasteiger partial charge in [0.2, 0.25) is 18.2 Å². The van der Waals surface area contributed by atoms with E-state index < -0.39 is 0 Å². The number of benzene rings is 2. The monoisotopic (exact) mass is 364 g/mol. The maximum absolute atomic E-state index is 12.6. The summed E-state index contributed by atoms with van der Waals surface area (Å²) in [6, 6.07) is 12.6. The van der Waals surface area contributed by atoms with Crippen molar-refractivity contribution in [1.82, 2.24) is 15.1 Å². The van der Waals surface area contributed by atoms with Crippen molar-refractivity contribution < 1.29 is 14.0 Å². The number of aryl methyl sites for hydroxylation is 2. The Morgan fingerprint density at radius 1 is 1.07 bits per heavy atom. The van der Waals surface area contributed by atoms with E-state index in [1.165, 1.54) is 11.3 Å². The zero-order valence-electron chi connectivity index (χ0n) is 15.4. The van der Waals surface area contributed by atoms with Gasteiger partial charge in [0.25, 0.3) is 5.91 Å². The number of nitrogens with zero attached hydrogens (tertiary/aromatic N) is 3. The number of amides is 2. The fourth-order valence-electron chi connectivity index (χ4n) is 2.75. The molecule has 2 amide bonds. The minimum absolute atomic E-state index is 0.0436. The van der Waals surface area contributed by atoms with E-state index in [0.29, 0.717) is 11.5 Å². The van der Waals surface area contributed by atoms with Crippen molar-refractivity contribution in [2.24, 2.45) is 0 Å². The molecule has 1 heterocycles. The summed E-state index contributed by atoms with van der Waals surface area (Å²) in [4.78, 5) is 26.3. The van der Waals surface area contributed by atoms with E-state index in [9.17, 15) is 9.59 Å². The predicted molar refractivity (Wildman–Crippen MR) is 101 cm³/mol. The molecule has 7 nitrogen and oxygen atoms in total. The Morgan fingerprint density at radius 3 is 2.33 bits per heavy atom. The van der Waals surface area contributed by atoms with Crippen molar-refractivity contribution in [1.29, 1.82) is 0 Å². The van der Waals surface area contributed by atoms with Crippen molar-refractivity contribution in [3.05, 3.63) is 65.5 Å². The van der Waals surface area contributed by atoms with Gasteiger partial charge >= 0.3 is 0 Å². The molecule has 3 rings (SSSR count). The van der Waals surface area contributed by atoms with E-state index in [0.717, 1.165) is 22.4 Å². The molecule has 0 aliphatic rings. The molecule has 0 atom stereocenters. The first-order chi connectivity index (χ1) is 13.0. The number of carbonyl (C=O) groups is 2. The molecule has 0 unspecified atom stereocenters. The average molecular weight is 364 g/mol. The summed E-state index contributed by atoms with van der Waals surface area (Å²) in [6.45, 7) is 3.82. The Labute approximate surface area is 157 Å². The number of aromatic nitrogens is 2. The minimum atomic E-state index is -0.247. The highest BCUT2D eigenvalue weighted by Crippen LogP contribution is 2.20. The highest BCUT2D eigenvalue weighted by molar-refractivity contribution is 5.99. The van der Waals surface area contributed by atoms with Gasteiger partial charge in [-0.05, 0) is 49.2 Å². The molecule has 1 N–H and O–H groups in total. The summed E-state index contributed by atoms with van der Waals surface area (Å²) in [6.07, 6.45) is 1.25. The molecule has 0 radical (unpaired) electrons.